The number of benzene rings is 2. The van der Waals surface area contributed by atoms with Gasteiger partial charge < -0.3 is 14.8 Å². The van der Waals surface area contributed by atoms with E-state index in [4.69, 9.17) is 9.47 Å². The molecule has 0 aromatic heterocycles. The van der Waals surface area contributed by atoms with Crippen molar-refractivity contribution in [2.75, 3.05) is 13.7 Å². The van der Waals surface area contributed by atoms with Gasteiger partial charge in [0.05, 0.1) is 11.6 Å². The Balaban J connectivity index is 2.00. The molecule has 23 heavy (non-hydrogen) atoms. The fraction of sp³-hybridized carbons (Fsp3) is 0.263. The molecule has 2 aromatic carbocycles. The number of hydrogen-bond acceptors (Lipinski definition) is 3. The Bertz CT molecular complexity index is 653. The number of nitrogens with one attached hydrogen (secondary N) is 1. The van der Waals surface area contributed by atoms with Crippen LogP contribution in [0.2, 0.25) is 0 Å². The van der Waals surface area contributed by atoms with Crippen LogP contribution in [0.1, 0.15) is 16.7 Å². The van der Waals surface area contributed by atoms with Gasteiger partial charge in [-0.05, 0) is 46.1 Å². The Morgan fingerprint density at radius 3 is 2.48 bits per heavy atom. The first kappa shape index (κ1) is 17.6. The van der Waals surface area contributed by atoms with Gasteiger partial charge in [0.1, 0.15) is 6.61 Å². The van der Waals surface area contributed by atoms with E-state index in [1.807, 2.05) is 12.1 Å². The van der Waals surface area contributed by atoms with E-state index >= 15 is 0 Å². The van der Waals surface area contributed by atoms with Crippen LogP contribution in [0, 0.1) is 6.92 Å². The predicted octanol–water partition coefficient (Wildman–Crippen LogP) is 4.62. The van der Waals surface area contributed by atoms with Crippen molar-refractivity contribution in [3.63, 3.8) is 0 Å². The van der Waals surface area contributed by atoms with Crippen molar-refractivity contribution in [2.24, 2.45) is 0 Å². The van der Waals surface area contributed by atoms with Gasteiger partial charge in [-0.1, -0.05) is 42.5 Å². The minimum absolute atomic E-state index is 0.444. The first-order chi connectivity index (χ1) is 11.1. The van der Waals surface area contributed by atoms with Crippen LogP contribution >= 0.6 is 15.9 Å². The summed E-state index contributed by atoms with van der Waals surface area (Å²) >= 11 is 3.55. The molecular weight excluding hydrogens is 354 g/mol. The maximum atomic E-state index is 5.64. The Hall–Kier alpha value is -1.78. The summed E-state index contributed by atoms with van der Waals surface area (Å²) in [6.07, 6.45) is 1.71. The van der Waals surface area contributed by atoms with Gasteiger partial charge in [0.2, 0.25) is 0 Å². The van der Waals surface area contributed by atoms with Crippen LogP contribution in [0.5, 0.6) is 11.5 Å². The molecule has 0 aliphatic carbocycles. The van der Waals surface area contributed by atoms with Crippen LogP contribution < -0.4 is 14.8 Å². The molecule has 0 amide bonds. The normalized spacial score (nSPS) is 10.4. The van der Waals surface area contributed by atoms with Gasteiger partial charge in [0.15, 0.2) is 11.5 Å². The molecule has 0 heterocycles. The summed E-state index contributed by atoms with van der Waals surface area (Å²) in [5, 5.41) is 3.45. The molecular formula is C19H22BrNO2. The summed E-state index contributed by atoms with van der Waals surface area (Å²) in [6, 6.07) is 12.6. The van der Waals surface area contributed by atoms with E-state index in [2.05, 4.69) is 59.0 Å². The smallest absolute Gasteiger partial charge is 0.175 e. The summed E-state index contributed by atoms with van der Waals surface area (Å²) in [4.78, 5) is 0. The highest BCUT2D eigenvalue weighted by Crippen LogP contribution is 2.36. The molecule has 0 fully saturated rings. The molecule has 0 aliphatic heterocycles. The topological polar surface area (TPSA) is 30.5 Å². The van der Waals surface area contributed by atoms with Crippen molar-refractivity contribution in [3.8, 4) is 11.5 Å². The molecule has 0 saturated heterocycles. The van der Waals surface area contributed by atoms with Crippen LogP contribution in [0.3, 0.4) is 0 Å². The van der Waals surface area contributed by atoms with E-state index in [-0.39, 0.29) is 0 Å². The fourth-order valence-electron chi connectivity index (χ4n) is 2.21. The second-order valence-corrected chi connectivity index (χ2v) is 6.15. The van der Waals surface area contributed by atoms with Gasteiger partial charge >= 0.3 is 0 Å². The lowest BCUT2D eigenvalue weighted by Gasteiger charge is -2.14. The van der Waals surface area contributed by atoms with E-state index in [0.29, 0.717) is 18.1 Å². The number of ether oxygens (including phenoxy) is 2. The van der Waals surface area contributed by atoms with E-state index in [1.54, 1.807) is 13.2 Å². The summed E-state index contributed by atoms with van der Waals surface area (Å²) in [5.74, 6) is 1.42. The van der Waals surface area contributed by atoms with Gasteiger partial charge in [-0.3, -0.25) is 0 Å². The van der Waals surface area contributed by atoms with Crippen molar-refractivity contribution >= 4 is 15.9 Å². The first-order valence-corrected chi connectivity index (χ1v) is 8.29. The lowest BCUT2D eigenvalue weighted by atomic mass is 10.1. The van der Waals surface area contributed by atoms with Crippen molar-refractivity contribution in [3.05, 3.63) is 70.2 Å². The highest BCUT2D eigenvalue weighted by Gasteiger charge is 2.11. The third kappa shape index (κ3) is 5.12. The third-order valence-electron chi connectivity index (χ3n) is 3.41. The molecule has 2 aromatic rings. The summed E-state index contributed by atoms with van der Waals surface area (Å²) in [6.45, 7) is 7.78. The van der Waals surface area contributed by atoms with Crippen molar-refractivity contribution in [2.45, 2.75) is 20.0 Å². The zero-order valence-corrected chi connectivity index (χ0v) is 15.2. The SMILES string of the molecule is C=CCOc1c(Br)cc(CNCc2ccc(C)cc2)cc1OC. The highest BCUT2D eigenvalue weighted by molar-refractivity contribution is 9.10. The molecule has 3 nitrogen and oxygen atoms in total. The minimum atomic E-state index is 0.444. The Morgan fingerprint density at radius 1 is 1.13 bits per heavy atom. The zero-order chi connectivity index (χ0) is 16.7. The number of methoxy groups -OCH3 is 1. The number of halogens is 1. The lowest BCUT2D eigenvalue weighted by molar-refractivity contribution is 0.324. The molecule has 0 radical (unpaired) electrons. The second kappa shape index (κ2) is 8.75. The minimum Gasteiger partial charge on any atom is -0.493 e. The maximum absolute atomic E-state index is 5.64. The van der Waals surface area contributed by atoms with Gasteiger partial charge in [-0.15, -0.1) is 0 Å². The van der Waals surface area contributed by atoms with Gasteiger partial charge in [-0.25, -0.2) is 0 Å². The summed E-state index contributed by atoms with van der Waals surface area (Å²) in [7, 11) is 1.64. The zero-order valence-electron chi connectivity index (χ0n) is 13.6. The number of rotatable bonds is 8. The fourth-order valence-corrected chi connectivity index (χ4v) is 2.82. The van der Waals surface area contributed by atoms with Crippen molar-refractivity contribution in [1.29, 1.82) is 0 Å². The maximum Gasteiger partial charge on any atom is 0.175 e. The molecule has 0 atom stereocenters. The Morgan fingerprint density at radius 2 is 1.83 bits per heavy atom. The average molecular weight is 376 g/mol. The standard InChI is InChI=1S/C19H22BrNO2/c1-4-9-23-19-17(20)10-16(11-18(19)22-3)13-21-12-15-7-5-14(2)6-8-15/h4-8,10-11,21H,1,9,12-13H2,2-3H3. The quantitative estimate of drug-likeness (QED) is 0.682. The third-order valence-corrected chi connectivity index (χ3v) is 4.00. The summed E-state index contributed by atoms with van der Waals surface area (Å²) < 4.78 is 11.9. The van der Waals surface area contributed by atoms with Gasteiger partial charge in [0.25, 0.3) is 0 Å². The lowest BCUT2D eigenvalue weighted by Crippen LogP contribution is -2.13. The molecule has 0 saturated carbocycles. The molecule has 4 heteroatoms. The molecule has 0 aliphatic rings. The van der Waals surface area contributed by atoms with Crippen LogP contribution in [0.15, 0.2) is 53.5 Å². The first-order valence-electron chi connectivity index (χ1n) is 7.50. The number of hydrogen-bond donors (Lipinski definition) is 1. The van der Waals surface area contributed by atoms with Crippen molar-refractivity contribution < 1.29 is 9.47 Å². The molecule has 1 N–H and O–H groups in total. The van der Waals surface area contributed by atoms with Crippen LogP contribution in [0.4, 0.5) is 0 Å². The van der Waals surface area contributed by atoms with E-state index < -0.39 is 0 Å². The summed E-state index contributed by atoms with van der Waals surface area (Å²) in [5.41, 5.74) is 3.68. The molecule has 0 unspecified atom stereocenters. The average Bonchev–Trinajstić information content (AvgIpc) is 2.55. The van der Waals surface area contributed by atoms with E-state index in [0.717, 1.165) is 23.1 Å². The largest absolute Gasteiger partial charge is 0.493 e. The monoisotopic (exact) mass is 375 g/mol. The molecule has 0 spiro atoms. The highest BCUT2D eigenvalue weighted by atomic mass is 79.9. The van der Waals surface area contributed by atoms with Crippen LogP contribution in [0.25, 0.3) is 0 Å². The Labute approximate surface area is 146 Å². The van der Waals surface area contributed by atoms with Crippen molar-refractivity contribution in [1.82, 2.24) is 5.32 Å². The van der Waals surface area contributed by atoms with Gasteiger partial charge in [-0.2, -0.15) is 0 Å². The van der Waals surface area contributed by atoms with Crippen LogP contribution in [-0.2, 0) is 13.1 Å². The van der Waals surface area contributed by atoms with E-state index in [1.165, 1.54) is 11.1 Å². The molecule has 2 rings (SSSR count). The molecule has 122 valence electrons. The van der Waals surface area contributed by atoms with Gasteiger partial charge in [0, 0.05) is 13.1 Å². The number of aryl methyl sites for hydroxylation is 1. The van der Waals surface area contributed by atoms with Crippen LogP contribution in [-0.4, -0.2) is 13.7 Å². The second-order valence-electron chi connectivity index (χ2n) is 5.30. The van der Waals surface area contributed by atoms with E-state index in [9.17, 15) is 0 Å². The predicted molar refractivity (Wildman–Crippen MR) is 98.1 cm³/mol. The Kier molecular flexibility index (Phi) is 6.68. The molecule has 0 bridgehead atoms.